The number of aryl methyl sites for hydroxylation is 3. The Hall–Kier alpha value is -1.71. The number of hydrogen-bond acceptors (Lipinski definition) is 2. The molecule has 0 spiro atoms. The lowest BCUT2D eigenvalue weighted by molar-refractivity contribution is 0.710. The number of anilines is 2. The van der Waals surface area contributed by atoms with Crippen LogP contribution in [0.2, 0.25) is 10.0 Å². The Bertz CT molecular complexity index is 879. The SMILES string of the molecule is CCCCCc1nc2c(Cl)cc(Cl)cn2c1Nc1c(C)cccc1C. The molecule has 2 aromatic heterocycles. The molecule has 0 atom stereocenters. The first-order valence-electron chi connectivity index (χ1n) is 8.70. The standard InChI is InChI=1S/C20H23Cl2N3/c1-4-5-6-10-17-20(24-18-13(2)8-7-9-14(18)3)25-12-15(21)11-16(22)19(25)23-17/h7-9,11-12,24H,4-6,10H2,1-3H3. The van der Waals surface area contributed by atoms with Gasteiger partial charge in [0.2, 0.25) is 0 Å². The van der Waals surface area contributed by atoms with Crippen LogP contribution in [0.4, 0.5) is 11.5 Å². The summed E-state index contributed by atoms with van der Waals surface area (Å²) in [6.45, 7) is 6.42. The van der Waals surface area contributed by atoms with E-state index in [1.807, 2.05) is 10.6 Å². The normalized spacial score (nSPS) is 11.2. The molecule has 132 valence electrons. The highest BCUT2D eigenvalue weighted by molar-refractivity contribution is 6.36. The monoisotopic (exact) mass is 375 g/mol. The number of nitrogens with one attached hydrogen (secondary N) is 1. The van der Waals surface area contributed by atoms with Crippen molar-refractivity contribution in [2.45, 2.75) is 46.5 Å². The van der Waals surface area contributed by atoms with Crippen molar-refractivity contribution in [2.75, 3.05) is 5.32 Å². The molecule has 3 aromatic rings. The fourth-order valence-corrected chi connectivity index (χ4v) is 3.61. The van der Waals surface area contributed by atoms with Crippen molar-refractivity contribution in [3.8, 4) is 0 Å². The number of imidazole rings is 1. The minimum Gasteiger partial charge on any atom is -0.339 e. The lowest BCUT2D eigenvalue weighted by Gasteiger charge is -2.14. The molecule has 0 amide bonds. The zero-order chi connectivity index (χ0) is 18.0. The van der Waals surface area contributed by atoms with Gasteiger partial charge in [-0.25, -0.2) is 4.98 Å². The van der Waals surface area contributed by atoms with Gasteiger partial charge in [-0.1, -0.05) is 61.2 Å². The number of halogens is 2. The van der Waals surface area contributed by atoms with Crippen LogP contribution in [0.1, 0.15) is 43.0 Å². The van der Waals surface area contributed by atoms with Crippen LogP contribution in [0.3, 0.4) is 0 Å². The van der Waals surface area contributed by atoms with E-state index < -0.39 is 0 Å². The second-order valence-corrected chi connectivity index (χ2v) is 7.30. The molecule has 0 aliphatic rings. The average Bonchev–Trinajstić information content (AvgIpc) is 2.89. The quantitative estimate of drug-likeness (QED) is 0.483. The van der Waals surface area contributed by atoms with Crippen molar-refractivity contribution >= 4 is 40.4 Å². The lowest BCUT2D eigenvalue weighted by atomic mass is 10.1. The molecule has 0 aliphatic carbocycles. The van der Waals surface area contributed by atoms with Crippen molar-refractivity contribution in [1.82, 2.24) is 9.38 Å². The van der Waals surface area contributed by atoms with Crippen LogP contribution < -0.4 is 5.32 Å². The number of para-hydroxylation sites is 1. The average molecular weight is 376 g/mol. The maximum Gasteiger partial charge on any atom is 0.157 e. The number of aromatic nitrogens is 2. The predicted octanol–water partition coefficient (Wildman–Crippen LogP) is 6.73. The summed E-state index contributed by atoms with van der Waals surface area (Å²) in [5.41, 5.74) is 5.27. The van der Waals surface area contributed by atoms with Crippen LogP contribution in [-0.2, 0) is 6.42 Å². The third kappa shape index (κ3) is 3.78. The summed E-state index contributed by atoms with van der Waals surface area (Å²) >= 11 is 12.6. The fraction of sp³-hybridized carbons (Fsp3) is 0.350. The topological polar surface area (TPSA) is 29.3 Å². The predicted molar refractivity (Wildman–Crippen MR) is 108 cm³/mol. The van der Waals surface area contributed by atoms with Crippen LogP contribution in [0.5, 0.6) is 0 Å². The highest BCUT2D eigenvalue weighted by Gasteiger charge is 2.16. The highest BCUT2D eigenvalue weighted by Crippen LogP contribution is 2.32. The largest absolute Gasteiger partial charge is 0.339 e. The molecule has 3 nitrogen and oxygen atoms in total. The maximum absolute atomic E-state index is 6.38. The van der Waals surface area contributed by atoms with Crippen molar-refractivity contribution < 1.29 is 0 Å². The Balaban J connectivity index is 2.11. The molecular weight excluding hydrogens is 353 g/mol. The van der Waals surface area contributed by atoms with E-state index in [4.69, 9.17) is 28.2 Å². The van der Waals surface area contributed by atoms with E-state index in [0.717, 1.165) is 35.7 Å². The molecule has 0 saturated carbocycles. The van der Waals surface area contributed by atoms with Gasteiger partial charge in [-0.05, 0) is 43.9 Å². The second-order valence-electron chi connectivity index (χ2n) is 6.46. The number of nitrogens with zero attached hydrogens (tertiary/aromatic N) is 2. The summed E-state index contributed by atoms with van der Waals surface area (Å²) in [4.78, 5) is 4.79. The molecule has 0 unspecified atom stereocenters. The summed E-state index contributed by atoms with van der Waals surface area (Å²) in [7, 11) is 0. The zero-order valence-electron chi connectivity index (χ0n) is 14.9. The Labute approximate surface area is 159 Å². The molecule has 3 rings (SSSR count). The fourth-order valence-electron chi connectivity index (χ4n) is 3.10. The maximum atomic E-state index is 6.38. The van der Waals surface area contributed by atoms with E-state index in [0.29, 0.717) is 10.0 Å². The van der Waals surface area contributed by atoms with E-state index in [2.05, 4.69) is 44.3 Å². The number of benzene rings is 1. The van der Waals surface area contributed by atoms with Gasteiger partial charge in [-0.15, -0.1) is 0 Å². The smallest absolute Gasteiger partial charge is 0.157 e. The van der Waals surface area contributed by atoms with Gasteiger partial charge in [-0.2, -0.15) is 0 Å². The number of unbranched alkanes of at least 4 members (excludes halogenated alkanes) is 2. The molecule has 0 saturated heterocycles. The van der Waals surface area contributed by atoms with Gasteiger partial charge in [0, 0.05) is 11.9 Å². The third-order valence-corrected chi connectivity index (χ3v) is 4.94. The molecule has 1 aromatic carbocycles. The number of pyridine rings is 1. The molecule has 0 fully saturated rings. The van der Waals surface area contributed by atoms with Crippen LogP contribution >= 0.6 is 23.2 Å². The number of fused-ring (bicyclic) bond motifs is 1. The Morgan fingerprint density at radius 3 is 2.52 bits per heavy atom. The van der Waals surface area contributed by atoms with Gasteiger partial charge >= 0.3 is 0 Å². The number of hydrogen-bond donors (Lipinski definition) is 1. The van der Waals surface area contributed by atoms with Gasteiger partial charge in [0.25, 0.3) is 0 Å². The zero-order valence-corrected chi connectivity index (χ0v) is 16.4. The van der Waals surface area contributed by atoms with Crippen molar-refractivity contribution in [3.05, 3.63) is 57.3 Å². The molecule has 25 heavy (non-hydrogen) atoms. The van der Waals surface area contributed by atoms with E-state index in [1.54, 1.807) is 6.07 Å². The summed E-state index contributed by atoms with van der Waals surface area (Å²) in [5, 5.41) is 4.76. The van der Waals surface area contributed by atoms with Crippen molar-refractivity contribution in [1.29, 1.82) is 0 Å². The first kappa shape index (κ1) is 18.1. The molecule has 5 heteroatoms. The summed E-state index contributed by atoms with van der Waals surface area (Å²) in [5.74, 6) is 0.952. The number of rotatable bonds is 6. The van der Waals surface area contributed by atoms with Crippen molar-refractivity contribution in [2.24, 2.45) is 0 Å². The minimum absolute atomic E-state index is 0.568. The van der Waals surface area contributed by atoms with Gasteiger partial charge < -0.3 is 5.32 Å². The highest BCUT2D eigenvalue weighted by atomic mass is 35.5. The minimum atomic E-state index is 0.568. The van der Waals surface area contributed by atoms with E-state index >= 15 is 0 Å². The Morgan fingerprint density at radius 2 is 1.84 bits per heavy atom. The molecule has 0 radical (unpaired) electrons. The molecule has 0 bridgehead atoms. The van der Waals surface area contributed by atoms with E-state index in [9.17, 15) is 0 Å². The lowest BCUT2D eigenvalue weighted by Crippen LogP contribution is -2.02. The van der Waals surface area contributed by atoms with Gasteiger partial charge in [0.1, 0.15) is 5.82 Å². The first-order chi connectivity index (χ1) is 12.0. The summed E-state index contributed by atoms with van der Waals surface area (Å²) in [6.07, 6.45) is 6.25. The summed E-state index contributed by atoms with van der Waals surface area (Å²) < 4.78 is 1.97. The molecule has 2 heterocycles. The Morgan fingerprint density at radius 1 is 1.12 bits per heavy atom. The first-order valence-corrected chi connectivity index (χ1v) is 9.46. The Kier molecular flexibility index (Phi) is 5.55. The van der Waals surface area contributed by atoms with Gasteiger partial charge in [-0.3, -0.25) is 4.40 Å². The van der Waals surface area contributed by atoms with Crippen LogP contribution in [-0.4, -0.2) is 9.38 Å². The molecular formula is C20H23Cl2N3. The van der Waals surface area contributed by atoms with Gasteiger partial charge in [0.15, 0.2) is 5.65 Å². The molecule has 1 N–H and O–H groups in total. The van der Waals surface area contributed by atoms with E-state index in [1.165, 1.54) is 24.0 Å². The molecule has 0 aliphatic heterocycles. The summed E-state index contributed by atoms with van der Waals surface area (Å²) in [6, 6.07) is 8.02. The van der Waals surface area contributed by atoms with Crippen molar-refractivity contribution in [3.63, 3.8) is 0 Å². The van der Waals surface area contributed by atoms with Gasteiger partial charge in [0.05, 0.1) is 15.7 Å². The van der Waals surface area contributed by atoms with E-state index in [-0.39, 0.29) is 0 Å². The van der Waals surface area contributed by atoms with Crippen LogP contribution in [0.25, 0.3) is 5.65 Å². The van der Waals surface area contributed by atoms with Crippen LogP contribution in [0, 0.1) is 13.8 Å². The third-order valence-electron chi connectivity index (χ3n) is 4.46. The van der Waals surface area contributed by atoms with Crippen LogP contribution in [0.15, 0.2) is 30.5 Å². The second kappa shape index (κ2) is 7.67.